The first-order valence-electron chi connectivity index (χ1n) is 8.38. The fourth-order valence-electron chi connectivity index (χ4n) is 5.01. The molecule has 4 rings (SSSR count). The summed E-state index contributed by atoms with van der Waals surface area (Å²) < 4.78 is 5.76. The molecule has 0 saturated heterocycles. The highest BCUT2D eigenvalue weighted by Crippen LogP contribution is 2.60. The minimum absolute atomic E-state index is 0.119. The van der Waals surface area contributed by atoms with E-state index in [0.29, 0.717) is 30.1 Å². The summed E-state index contributed by atoms with van der Waals surface area (Å²) in [5.41, 5.74) is 7.01. The monoisotopic (exact) mass is 310 g/mol. The second-order valence-electron chi connectivity index (χ2n) is 8.30. The molecule has 3 aliphatic carbocycles. The van der Waals surface area contributed by atoms with Gasteiger partial charge in [-0.15, -0.1) is 0 Å². The Hall–Kier alpha value is -2.02. The van der Waals surface area contributed by atoms with Gasteiger partial charge in [0.05, 0.1) is 5.57 Å². The van der Waals surface area contributed by atoms with Crippen LogP contribution in [0.3, 0.4) is 0 Å². The lowest BCUT2D eigenvalue weighted by atomic mass is 9.62. The Balaban J connectivity index is 1.87. The zero-order valence-electron chi connectivity index (χ0n) is 13.7. The Bertz CT molecular complexity index is 735. The maximum absolute atomic E-state index is 12.9. The van der Waals surface area contributed by atoms with Crippen molar-refractivity contribution in [3.63, 3.8) is 0 Å². The van der Waals surface area contributed by atoms with E-state index in [9.17, 15) is 10.1 Å². The van der Waals surface area contributed by atoms with E-state index in [0.717, 1.165) is 24.8 Å². The predicted octanol–water partition coefficient (Wildman–Crippen LogP) is 3.33. The van der Waals surface area contributed by atoms with E-state index < -0.39 is 0 Å². The van der Waals surface area contributed by atoms with Gasteiger partial charge in [0.1, 0.15) is 11.8 Å². The number of allylic oxidation sites excluding steroid dienone is 5. The Labute approximate surface area is 136 Å². The highest BCUT2D eigenvalue weighted by atomic mass is 16.5. The summed E-state index contributed by atoms with van der Waals surface area (Å²) in [5, 5.41) is 9.67. The SMILES string of the molecule is CC1(C)CC(=O)C2=C(C1)OC(N)=C(C#N)C2[C@]12C=C[C@H](CC1)C2. The van der Waals surface area contributed by atoms with Crippen molar-refractivity contribution in [3.05, 3.63) is 34.9 Å². The molecule has 0 aromatic heterocycles. The highest BCUT2D eigenvalue weighted by Gasteiger charge is 2.54. The number of hydrogen-bond acceptors (Lipinski definition) is 4. The van der Waals surface area contributed by atoms with Crippen LogP contribution in [0.4, 0.5) is 0 Å². The van der Waals surface area contributed by atoms with Crippen molar-refractivity contribution in [2.24, 2.45) is 28.4 Å². The molecule has 4 heteroatoms. The van der Waals surface area contributed by atoms with Crippen molar-refractivity contribution in [1.82, 2.24) is 0 Å². The first-order chi connectivity index (χ1) is 10.9. The number of ketones is 1. The molecule has 1 unspecified atom stereocenters. The lowest BCUT2D eigenvalue weighted by Crippen LogP contribution is -2.40. The Kier molecular flexibility index (Phi) is 2.85. The molecule has 1 fully saturated rings. The molecule has 0 aromatic carbocycles. The molecule has 23 heavy (non-hydrogen) atoms. The Morgan fingerprint density at radius 3 is 2.74 bits per heavy atom. The van der Waals surface area contributed by atoms with Crippen LogP contribution in [-0.2, 0) is 9.53 Å². The summed E-state index contributed by atoms with van der Waals surface area (Å²) in [6.07, 6.45) is 8.87. The van der Waals surface area contributed by atoms with Crippen LogP contribution < -0.4 is 5.73 Å². The number of nitrogens with two attached hydrogens (primary N) is 1. The lowest BCUT2D eigenvalue weighted by Gasteiger charge is -2.42. The summed E-state index contributed by atoms with van der Waals surface area (Å²) in [7, 11) is 0. The molecule has 0 spiro atoms. The van der Waals surface area contributed by atoms with Crippen molar-refractivity contribution in [1.29, 1.82) is 5.26 Å². The molecule has 1 aliphatic heterocycles. The number of nitrogens with zero attached hydrogens (tertiary/aromatic N) is 1. The number of ether oxygens (including phenoxy) is 1. The van der Waals surface area contributed by atoms with Gasteiger partial charge in [-0.1, -0.05) is 26.0 Å². The summed E-state index contributed by atoms with van der Waals surface area (Å²) in [4.78, 5) is 12.9. The number of rotatable bonds is 1. The molecule has 3 atom stereocenters. The van der Waals surface area contributed by atoms with E-state index in [4.69, 9.17) is 10.5 Å². The molecule has 0 aromatic rings. The van der Waals surface area contributed by atoms with E-state index in [-0.39, 0.29) is 28.4 Å². The van der Waals surface area contributed by atoms with Crippen molar-refractivity contribution in [3.8, 4) is 6.07 Å². The van der Waals surface area contributed by atoms with Crippen LogP contribution in [0, 0.1) is 34.0 Å². The Morgan fingerprint density at radius 2 is 2.17 bits per heavy atom. The van der Waals surface area contributed by atoms with E-state index >= 15 is 0 Å². The van der Waals surface area contributed by atoms with Gasteiger partial charge < -0.3 is 10.5 Å². The van der Waals surface area contributed by atoms with Crippen LogP contribution in [0.15, 0.2) is 34.9 Å². The van der Waals surface area contributed by atoms with Gasteiger partial charge in [-0.2, -0.15) is 5.26 Å². The maximum Gasteiger partial charge on any atom is 0.204 e. The van der Waals surface area contributed by atoms with E-state index in [1.807, 2.05) is 0 Å². The van der Waals surface area contributed by atoms with Gasteiger partial charge in [0.2, 0.25) is 5.88 Å². The van der Waals surface area contributed by atoms with Crippen LogP contribution in [0.1, 0.15) is 46.0 Å². The summed E-state index contributed by atoms with van der Waals surface area (Å²) in [6, 6.07) is 2.24. The van der Waals surface area contributed by atoms with E-state index in [1.165, 1.54) is 0 Å². The van der Waals surface area contributed by atoms with Gasteiger partial charge in [0.15, 0.2) is 5.78 Å². The van der Waals surface area contributed by atoms with Crippen molar-refractivity contribution >= 4 is 5.78 Å². The third-order valence-electron chi connectivity index (χ3n) is 5.97. The molecule has 0 amide bonds. The van der Waals surface area contributed by atoms with Crippen LogP contribution in [0.2, 0.25) is 0 Å². The third-order valence-corrected chi connectivity index (χ3v) is 5.97. The lowest BCUT2D eigenvalue weighted by molar-refractivity contribution is -0.119. The minimum Gasteiger partial charge on any atom is -0.444 e. The van der Waals surface area contributed by atoms with Gasteiger partial charge in [-0.05, 0) is 30.6 Å². The zero-order chi connectivity index (χ0) is 16.4. The van der Waals surface area contributed by atoms with Crippen LogP contribution in [-0.4, -0.2) is 5.78 Å². The number of hydrogen-bond donors (Lipinski definition) is 1. The first kappa shape index (κ1) is 14.6. The summed E-state index contributed by atoms with van der Waals surface area (Å²) >= 11 is 0. The normalized spacial score (nSPS) is 37.7. The maximum atomic E-state index is 12.9. The standard InChI is InChI=1S/C19H22N2O2/c1-18(2)8-13(22)15-14(9-18)23-17(21)12(10-20)16(15)19-5-3-11(7-19)4-6-19/h3,5,11,16H,4,6-9,21H2,1-2H3/t11-,16?,19-/m1/s1. The van der Waals surface area contributed by atoms with Gasteiger partial charge in [-0.3, -0.25) is 4.79 Å². The van der Waals surface area contributed by atoms with Crippen molar-refractivity contribution in [2.45, 2.75) is 46.0 Å². The van der Waals surface area contributed by atoms with Gasteiger partial charge in [0, 0.05) is 29.7 Å². The van der Waals surface area contributed by atoms with Gasteiger partial charge in [0.25, 0.3) is 0 Å². The largest absolute Gasteiger partial charge is 0.444 e. The molecule has 1 heterocycles. The van der Waals surface area contributed by atoms with Gasteiger partial charge >= 0.3 is 0 Å². The number of Topliss-reactive ketones (excluding diaryl/α,β-unsaturated/α-hetero) is 1. The molecular weight excluding hydrogens is 288 g/mol. The molecule has 4 aliphatic rings. The first-order valence-corrected chi connectivity index (χ1v) is 8.38. The molecule has 2 N–H and O–H groups in total. The number of carbonyl (C=O) groups excluding carboxylic acids is 1. The second-order valence-corrected chi connectivity index (χ2v) is 8.30. The van der Waals surface area contributed by atoms with Crippen molar-refractivity contribution in [2.75, 3.05) is 0 Å². The van der Waals surface area contributed by atoms with Gasteiger partial charge in [-0.25, -0.2) is 0 Å². The topological polar surface area (TPSA) is 76.1 Å². The van der Waals surface area contributed by atoms with E-state index in [2.05, 4.69) is 32.1 Å². The number of carbonyl (C=O) groups is 1. The number of fused-ring (bicyclic) bond motifs is 2. The number of nitriles is 1. The summed E-state index contributed by atoms with van der Waals surface area (Å²) in [6.45, 7) is 4.15. The third kappa shape index (κ3) is 1.99. The Morgan fingerprint density at radius 1 is 1.39 bits per heavy atom. The minimum atomic E-state index is -0.219. The highest BCUT2D eigenvalue weighted by molar-refractivity contribution is 5.99. The molecule has 2 bridgehead atoms. The van der Waals surface area contributed by atoms with Crippen LogP contribution in [0.5, 0.6) is 0 Å². The quantitative estimate of drug-likeness (QED) is 0.754. The molecule has 0 radical (unpaired) electrons. The zero-order valence-corrected chi connectivity index (χ0v) is 13.7. The molecule has 1 saturated carbocycles. The smallest absolute Gasteiger partial charge is 0.204 e. The average Bonchev–Trinajstić information content (AvgIpc) is 3.06. The summed E-state index contributed by atoms with van der Waals surface area (Å²) in [5.74, 6) is 1.38. The fraction of sp³-hybridized carbons (Fsp3) is 0.579. The average molecular weight is 310 g/mol. The molecule has 120 valence electrons. The van der Waals surface area contributed by atoms with Crippen molar-refractivity contribution < 1.29 is 9.53 Å². The van der Waals surface area contributed by atoms with Crippen LogP contribution >= 0.6 is 0 Å². The second kappa shape index (κ2) is 4.50. The molecular formula is C19H22N2O2. The molecule has 4 nitrogen and oxygen atoms in total. The predicted molar refractivity (Wildman–Crippen MR) is 85.4 cm³/mol. The fourth-order valence-corrected chi connectivity index (χ4v) is 5.01. The van der Waals surface area contributed by atoms with Crippen LogP contribution in [0.25, 0.3) is 0 Å². The van der Waals surface area contributed by atoms with E-state index in [1.54, 1.807) is 0 Å².